The molecule has 1 N–H and O–H groups in total. The van der Waals surface area contributed by atoms with Gasteiger partial charge in [0.05, 0.1) is 11.7 Å². The monoisotopic (exact) mass is 269 g/mol. The highest BCUT2D eigenvalue weighted by Crippen LogP contribution is 2.62. The van der Waals surface area contributed by atoms with Gasteiger partial charge in [-0.2, -0.15) is 0 Å². The summed E-state index contributed by atoms with van der Waals surface area (Å²) < 4.78 is 6.06. The molecule has 0 radical (unpaired) electrons. The molecule has 1 aromatic rings. The van der Waals surface area contributed by atoms with E-state index in [2.05, 4.69) is 29.6 Å². The van der Waals surface area contributed by atoms with Crippen LogP contribution < -0.4 is 10.1 Å². The Hall–Kier alpha value is -1.18. The van der Waals surface area contributed by atoms with Crippen LogP contribution in [0.5, 0.6) is 5.75 Å². The summed E-state index contributed by atoms with van der Waals surface area (Å²) in [6, 6.07) is 8.95. The first-order valence-corrected chi connectivity index (χ1v) is 8.29. The first-order valence-electron chi connectivity index (χ1n) is 8.29. The van der Waals surface area contributed by atoms with Crippen LogP contribution in [0.15, 0.2) is 24.3 Å². The van der Waals surface area contributed by atoms with Crippen molar-refractivity contribution >= 4 is 5.69 Å². The van der Waals surface area contributed by atoms with Crippen LogP contribution in [0.4, 0.5) is 5.69 Å². The molecule has 0 aromatic heterocycles. The highest BCUT2D eigenvalue weighted by atomic mass is 16.5. The Balaban J connectivity index is 1.46. The number of rotatable bonds is 1. The van der Waals surface area contributed by atoms with Crippen molar-refractivity contribution in [2.75, 3.05) is 11.9 Å². The van der Waals surface area contributed by atoms with Gasteiger partial charge >= 0.3 is 0 Å². The molecule has 4 aliphatic carbocycles. The Morgan fingerprint density at radius 3 is 2.30 bits per heavy atom. The third-order valence-corrected chi connectivity index (χ3v) is 6.45. The smallest absolute Gasteiger partial charge is 0.142 e. The van der Waals surface area contributed by atoms with Crippen molar-refractivity contribution in [2.45, 2.75) is 44.6 Å². The molecule has 6 rings (SSSR count). The number of hydrogen-bond donors (Lipinski definition) is 1. The maximum Gasteiger partial charge on any atom is 0.142 e. The fourth-order valence-electron chi connectivity index (χ4n) is 6.05. The van der Waals surface area contributed by atoms with Gasteiger partial charge < -0.3 is 10.1 Å². The third kappa shape index (κ3) is 1.57. The normalized spacial score (nSPS) is 44.6. The SMILES string of the molecule is c1ccc2c(c1)NC(C13CC4CC(CC(C4)C1)C3)CO2. The lowest BCUT2D eigenvalue weighted by Crippen LogP contribution is -2.56. The number of hydrogen-bond acceptors (Lipinski definition) is 2. The summed E-state index contributed by atoms with van der Waals surface area (Å²) in [5, 5.41) is 3.83. The Kier molecular flexibility index (Phi) is 2.25. The Morgan fingerprint density at radius 1 is 0.950 bits per heavy atom. The van der Waals surface area contributed by atoms with E-state index in [0.717, 1.165) is 30.1 Å². The number of benzene rings is 1. The second-order valence-electron chi connectivity index (χ2n) is 7.78. The molecule has 1 aliphatic heterocycles. The van der Waals surface area contributed by atoms with E-state index in [1.807, 2.05) is 0 Å². The van der Waals surface area contributed by atoms with E-state index < -0.39 is 0 Å². The van der Waals surface area contributed by atoms with Crippen molar-refractivity contribution < 1.29 is 4.74 Å². The van der Waals surface area contributed by atoms with Crippen LogP contribution in [-0.2, 0) is 0 Å². The number of ether oxygens (including phenoxy) is 1. The number of fused-ring (bicyclic) bond motifs is 1. The van der Waals surface area contributed by atoms with Crippen LogP contribution >= 0.6 is 0 Å². The van der Waals surface area contributed by atoms with Gasteiger partial charge in [-0.25, -0.2) is 0 Å². The molecule has 106 valence electrons. The molecular weight excluding hydrogens is 246 g/mol. The largest absolute Gasteiger partial charge is 0.489 e. The molecule has 4 fully saturated rings. The van der Waals surface area contributed by atoms with Gasteiger partial charge in [0, 0.05) is 0 Å². The predicted octanol–water partition coefficient (Wildman–Crippen LogP) is 4.08. The lowest BCUT2D eigenvalue weighted by atomic mass is 9.47. The van der Waals surface area contributed by atoms with Gasteiger partial charge in [0.25, 0.3) is 0 Å². The van der Waals surface area contributed by atoms with Gasteiger partial charge in [-0.05, 0) is 73.8 Å². The Morgan fingerprint density at radius 2 is 1.60 bits per heavy atom. The van der Waals surface area contributed by atoms with Gasteiger partial charge in [0.15, 0.2) is 0 Å². The fraction of sp³-hybridized carbons (Fsp3) is 0.667. The van der Waals surface area contributed by atoms with E-state index >= 15 is 0 Å². The van der Waals surface area contributed by atoms with Gasteiger partial charge in [0.2, 0.25) is 0 Å². The van der Waals surface area contributed by atoms with Crippen molar-refractivity contribution in [3.63, 3.8) is 0 Å². The van der Waals surface area contributed by atoms with Crippen LogP contribution in [0.3, 0.4) is 0 Å². The molecule has 4 bridgehead atoms. The molecule has 0 amide bonds. The van der Waals surface area contributed by atoms with Crippen molar-refractivity contribution in [2.24, 2.45) is 23.2 Å². The van der Waals surface area contributed by atoms with Crippen LogP contribution in [-0.4, -0.2) is 12.6 Å². The molecule has 4 saturated carbocycles. The molecule has 1 unspecified atom stereocenters. The minimum atomic E-state index is 0.530. The van der Waals surface area contributed by atoms with E-state index in [-0.39, 0.29) is 0 Å². The second-order valence-corrected chi connectivity index (χ2v) is 7.78. The molecule has 20 heavy (non-hydrogen) atoms. The van der Waals surface area contributed by atoms with Gasteiger partial charge in [-0.15, -0.1) is 0 Å². The molecular formula is C18H23NO. The van der Waals surface area contributed by atoms with Gasteiger partial charge in [-0.1, -0.05) is 12.1 Å². The summed E-state index contributed by atoms with van der Waals surface area (Å²) >= 11 is 0. The summed E-state index contributed by atoms with van der Waals surface area (Å²) in [6.07, 6.45) is 8.89. The van der Waals surface area contributed by atoms with Gasteiger partial charge in [0.1, 0.15) is 12.4 Å². The lowest BCUT2D eigenvalue weighted by Gasteiger charge is -2.60. The van der Waals surface area contributed by atoms with Crippen LogP contribution in [0, 0.1) is 23.2 Å². The number of nitrogens with one attached hydrogen (secondary N) is 1. The van der Waals surface area contributed by atoms with Crippen LogP contribution in [0.1, 0.15) is 38.5 Å². The Bertz CT molecular complexity index is 503. The summed E-state index contributed by atoms with van der Waals surface area (Å²) in [4.78, 5) is 0. The van der Waals surface area contributed by atoms with Crippen LogP contribution in [0.25, 0.3) is 0 Å². The summed E-state index contributed by atoms with van der Waals surface area (Å²) in [7, 11) is 0. The summed E-state index contributed by atoms with van der Waals surface area (Å²) in [5.41, 5.74) is 1.74. The summed E-state index contributed by atoms with van der Waals surface area (Å²) in [6.45, 7) is 0.864. The molecule has 2 nitrogen and oxygen atoms in total. The number of para-hydroxylation sites is 2. The molecule has 2 heteroatoms. The van der Waals surface area contributed by atoms with E-state index in [9.17, 15) is 0 Å². The standard InChI is InChI=1S/C18H23NO/c1-2-4-16-15(3-1)19-17(11-20-16)18-8-12-5-13(9-18)7-14(6-12)10-18/h1-4,12-14,17,19H,5-11H2. The lowest BCUT2D eigenvalue weighted by molar-refractivity contribution is -0.0702. The minimum Gasteiger partial charge on any atom is -0.489 e. The predicted molar refractivity (Wildman–Crippen MR) is 80.0 cm³/mol. The topological polar surface area (TPSA) is 21.3 Å². The first kappa shape index (κ1) is 11.5. The molecule has 1 aromatic carbocycles. The molecule has 1 heterocycles. The van der Waals surface area contributed by atoms with Crippen molar-refractivity contribution in [1.29, 1.82) is 0 Å². The quantitative estimate of drug-likeness (QED) is 0.829. The van der Waals surface area contributed by atoms with E-state index in [1.165, 1.54) is 44.2 Å². The van der Waals surface area contributed by atoms with Crippen LogP contribution in [0.2, 0.25) is 0 Å². The van der Waals surface area contributed by atoms with Gasteiger partial charge in [-0.3, -0.25) is 0 Å². The number of anilines is 1. The average molecular weight is 269 g/mol. The molecule has 5 aliphatic rings. The zero-order chi connectivity index (χ0) is 13.2. The van der Waals surface area contributed by atoms with Crippen molar-refractivity contribution in [1.82, 2.24) is 0 Å². The van der Waals surface area contributed by atoms with E-state index in [4.69, 9.17) is 4.74 Å². The maximum absolute atomic E-state index is 6.06. The fourth-order valence-corrected chi connectivity index (χ4v) is 6.05. The zero-order valence-corrected chi connectivity index (χ0v) is 12.0. The van der Waals surface area contributed by atoms with Crippen molar-refractivity contribution in [3.8, 4) is 5.75 Å². The first-order chi connectivity index (χ1) is 9.81. The zero-order valence-electron chi connectivity index (χ0n) is 12.0. The minimum absolute atomic E-state index is 0.530. The summed E-state index contributed by atoms with van der Waals surface area (Å²) in [5.74, 6) is 4.08. The Labute approximate surface area is 120 Å². The van der Waals surface area contributed by atoms with E-state index in [0.29, 0.717) is 11.5 Å². The third-order valence-electron chi connectivity index (χ3n) is 6.45. The molecule has 1 atom stereocenters. The highest BCUT2D eigenvalue weighted by molar-refractivity contribution is 5.58. The van der Waals surface area contributed by atoms with E-state index in [1.54, 1.807) is 0 Å². The molecule has 0 saturated heterocycles. The molecule has 0 spiro atoms. The highest BCUT2D eigenvalue weighted by Gasteiger charge is 2.54. The van der Waals surface area contributed by atoms with Crippen molar-refractivity contribution in [3.05, 3.63) is 24.3 Å². The average Bonchev–Trinajstić information content (AvgIpc) is 2.45. The second kappa shape index (κ2) is 3.93. The maximum atomic E-state index is 6.06.